The number of urea groups is 1. The second-order valence-electron chi connectivity index (χ2n) is 6.40. The Morgan fingerprint density at radius 1 is 1.25 bits per heavy atom. The number of aryl methyl sites for hydroxylation is 1. The second kappa shape index (κ2) is 9.63. The zero-order valence-electron chi connectivity index (χ0n) is 16.2. The van der Waals surface area contributed by atoms with Crippen LogP contribution in [0.2, 0.25) is 0 Å². The molecule has 9 heteroatoms. The number of carbonyl (C=O) groups is 3. The molecule has 0 unspecified atom stereocenters. The van der Waals surface area contributed by atoms with Crippen molar-refractivity contribution >= 4 is 28.8 Å². The van der Waals surface area contributed by atoms with Crippen molar-refractivity contribution in [3.63, 3.8) is 0 Å². The van der Waals surface area contributed by atoms with Crippen molar-refractivity contribution in [1.29, 1.82) is 0 Å². The molecule has 0 spiro atoms. The molecule has 0 radical (unpaired) electrons. The number of hydrogen-bond acceptors (Lipinski definition) is 6. The van der Waals surface area contributed by atoms with Gasteiger partial charge in [0.1, 0.15) is 5.82 Å². The maximum absolute atomic E-state index is 12.3. The van der Waals surface area contributed by atoms with Crippen LogP contribution < -0.4 is 16.2 Å². The van der Waals surface area contributed by atoms with Crippen molar-refractivity contribution < 1.29 is 19.1 Å². The predicted molar refractivity (Wildman–Crippen MR) is 103 cm³/mol. The maximum atomic E-state index is 12.3. The number of esters is 1. The van der Waals surface area contributed by atoms with Crippen molar-refractivity contribution in [2.45, 2.75) is 39.2 Å². The Morgan fingerprint density at radius 2 is 1.96 bits per heavy atom. The summed E-state index contributed by atoms with van der Waals surface area (Å²) in [5, 5.41) is 5.16. The van der Waals surface area contributed by atoms with Crippen molar-refractivity contribution in [3.8, 4) is 0 Å². The van der Waals surface area contributed by atoms with Crippen molar-refractivity contribution in [3.05, 3.63) is 40.4 Å². The van der Waals surface area contributed by atoms with Crippen LogP contribution in [-0.4, -0.2) is 40.1 Å². The molecule has 28 heavy (non-hydrogen) atoms. The fourth-order valence-corrected chi connectivity index (χ4v) is 2.44. The van der Waals surface area contributed by atoms with Gasteiger partial charge >= 0.3 is 12.0 Å². The van der Waals surface area contributed by atoms with Gasteiger partial charge < -0.3 is 10.1 Å². The molecule has 1 heterocycles. The van der Waals surface area contributed by atoms with Crippen LogP contribution in [0.3, 0.4) is 0 Å². The minimum absolute atomic E-state index is 0.0506. The Morgan fingerprint density at radius 3 is 2.68 bits per heavy atom. The SMILES string of the molecule is CC[C@H](C)NC(=O)NC(=O)COC(=O)CCc1nc2ccccc2c(=O)n1C. The molecule has 1 aromatic heterocycles. The average Bonchev–Trinajstić information content (AvgIpc) is 2.67. The Hall–Kier alpha value is -3.23. The summed E-state index contributed by atoms with van der Waals surface area (Å²) in [6.45, 7) is 3.14. The first-order valence-electron chi connectivity index (χ1n) is 9.02. The van der Waals surface area contributed by atoms with Gasteiger partial charge in [-0.15, -0.1) is 0 Å². The largest absolute Gasteiger partial charge is 0.456 e. The summed E-state index contributed by atoms with van der Waals surface area (Å²) in [6, 6.07) is 6.26. The molecule has 0 saturated carbocycles. The average molecular weight is 388 g/mol. The topological polar surface area (TPSA) is 119 Å². The van der Waals surface area contributed by atoms with Gasteiger partial charge in [-0.3, -0.25) is 24.3 Å². The summed E-state index contributed by atoms with van der Waals surface area (Å²) in [7, 11) is 1.59. The number of rotatable bonds is 7. The summed E-state index contributed by atoms with van der Waals surface area (Å²) in [4.78, 5) is 51.8. The number of para-hydroxylation sites is 1. The Kier molecular flexibility index (Phi) is 7.25. The van der Waals surface area contributed by atoms with Crippen LogP contribution in [0.15, 0.2) is 29.1 Å². The van der Waals surface area contributed by atoms with Gasteiger partial charge in [0.15, 0.2) is 6.61 Å². The van der Waals surface area contributed by atoms with E-state index in [0.717, 1.165) is 6.42 Å². The number of ether oxygens (including phenoxy) is 1. The number of amides is 3. The smallest absolute Gasteiger partial charge is 0.321 e. The van der Waals surface area contributed by atoms with E-state index in [4.69, 9.17) is 4.74 Å². The second-order valence-corrected chi connectivity index (χ2v) is 6.40. The van der Waals surface area contributed by atoms with Gasteiger partial charge in [0, 0.05) is 19.5 Å². The highest BCUT2D eigenvalue weighted by Gasteiger charge is 2.14. The van der Waals surface area contributed by atoms with Gasteiger partial charge in [-0.05, 0) is 25.5 Å². The van der Waals surface area contributed by atoms with E-state index in [1.807, 2.05) is 6.92 Å². The molecule has 2 N–H and O–H groups in total. The van der Waals surface area contributed by atoms with Gasteiger partial charge in [0.05, 0.1) is 17.3 Å². The van der Waals surface area contributed by atoms with Gasteiger partial charge in [-0.25, -0.2) is 9.78 Å². The minimum atomic E-state index is -0.717. The molecule has 150 valence electrons. The molecule has 0 fully saturated rings. The lowest BCUT2D eigenvalue weighted by molar-refractivity contribution is -0.148. The molecule has 0 aliphatic carbocycles. The van der Waals surface area contributed by atoms with Crippen LogP contribution in [0.1, 0.15) is 32.5 Å². The summed E-state index contributed by atoms with van der Waals surface area (Å²) in [6.07, 6.45) is 0.860. The fourth-order valence-electron chi connectivity index (χ4n) is 2.44. The number of hydrogen-bond donors (Lipinski definition) is 2. The van der Waals surface area contributed by atoms with Crippen molar-refractivity contribution in [1.82, 2.24) is 20.2 Å². The first-order chi connectivity index (χ1) is 13.3. The molecule has 0 saturated heterocycles. The van der Waals surface area contributed by atoms with Crippen LogP contribution in [0.5, 0.6) is 0 Å². The number of aromatic nitrogens is 2. The zero-order valence-corrected chi connectivity index (χ0v) is 16.2. The first-order valence-corrected chi connectivity index (χ1v) is 9.02. The van der Waals surface area contributed by atoms with Crippen LogP contribution in [0.4, 0.5) is 4.79 Å². The van der Waals surface area contributed by atoms with E-state index in [1.54, 1.807) is 38.2 Å². The summed E-state index contributed by atoms with van der Waals surface area (Å²) in [5.74, 6) is -0.900. The Bertz CT molecular complexity index is 938. The number of imide groups is 1. The molecule has 2 rings (SSSR count). The number of benzene rings is 1. The Balaban J connectivity index is 1.85. The fraction of sp³-hybridized carbons (Fsp3) is 0.421. The lowest BCUT2D eigenvalue weighted by Crippen LogP contribution is -2.44. The van der Waals surface area contributed by atoms with E-state index in [0.29, 0.717) is 16.7 Å². The van der Waals surface area contributed by atoms with Gasteiger partial charge in [0.25, 0.3) is 11.5 Å². The lowest BCUT2D eigenvalue weighted by Gasteiger charge is -2.12. The highest BCUT2D eigenvalue weighted by Crippen LogP contribution is 2.08. The van der Waals surface area contributed by atoms with Gasteiger partial charge in [0.2, 0.25) is 0 Å². The van der Waals surface area contributed by atoms with Crippen LogP contribution in [-0.2, 0) is 27.8 Å². The van der Waals surface area contributed by atoms with Gasteiger partial charge in [-0.1, -0.05) is 19.1 Å². The first kappa shape index (κ1) is 21.1. The molecular weight excluding hydrogens is 364 g/mol. The zero-order chi connectivity index (χ0) is 20.7. The molecule has 1 atom stereocenters. The van der Waals surface area contributed by atoms with Crippen LogP contribution in [0, 0.1) is 0 Å². The summed E-state index contributed by atoms with van der Waals surface area (Å²) >= 11 is 0. The summed E-state index contributed by atoms with van der Waals surface area (Å²) < 4.78 is 6.26. The maximum Gasteiger partial charge on any atom is 0.321 e. The number of carbonyl (C=O) groups excluding carboxylic acids is 3. The quantitative estimate of drug-likeness (QED) is 0.684. The van der Waals surface area contributed by atoms with E-state index in [1.165, 1.54) is 4.57 Å². The molecule has 1 aromatic carbocycles. The van der Waals surface area contributed by atoms with Crippen molar-refractivity contribution in [2.24, 2.45) is 7.05 Å². The predicted octanol–water partition coefficient (Wildman–Crippen LogP) is 1.03. The Labute approximate surface area is 162 Å². The molecule has 3 amide bonds. The van der Waals surface area contributed by atoms with E-state index >= 15 is 0 Å². The minimum Gasteiger partial charge on any atom is -0.456 e. The standard InChI is InChI=1S/C19H24N4O5/c1-4-12(2)20-19(27)22-16(24)11-28-17(25)10-9-15-21-14-8-6-5-7-13(14)18(26)23(15)3/h5-8,12H,4,9-11H2,1-3H3,(H2,20,22,24,27)/t12-/m0/s1. The molecular formula is C19H24N4O5. The van der Waals surface area contributed by atoms with E-state index in [-0.39, 0.29) is 24.4 Å². The number of nitrogens with zero attached hydrogens (tertiary/aromatic N) is 2. The number of fused-ring (bicyclic) bond motifs is 1. The molecule has 0 aliphatic rings. The highest BCUT2D eigenvalue weighted by atomic mass is 16.5. The third-order valence-corrected chi connectivity index (χ3v) is 4.24. The van der Waals surface area contributed by atoms with Crippen molar-refractivity contribution in [2.75, 3.05) is 6.61 Å². The van der Waals surface area contributed by atoms with Crippen LogP contribution >= 0.6 is 0 Å². The summed E-state index contributed by atoms with van der Waals surface area (Å²) in [5.41, 5.74) is 0.362. The van der Waals surface area contributed by atoms with E-state index in [9.17, 15) is 19.2 Å². The number of nitrogens with one attached hydrogen (secondary N) is 2. The molecule has 2 aromatic rings. The van der Waals surface area contributed by atoms with Crippen LogP contribution in [0.25, 0.3) is 10.9 Å². The molecule has 9 nitrogen and oxygen atoms in total. The highest BCUT2D eigenvalue weighted by molar-refractivity contribution is 5.95. The third-order valence-electron chi connectivity index (χ3n) is 4.24. The molecule has 0 aliphatic heterocycles. The third kappa shape index (κ3) is 5.63. The lowest BCUT2D eigenvalue weighted by atomic mass is 10.2. The van der Waals surface area contributed by atoms with E-state index in [2.05, 4.69) is 15.6 Å². The monoisotopic (exact) mass is 388 g/mol. The van der Waals surface area contributed by atoms with Gasteiger partial charge in [-0.2, -0.15) is 0 Å². The van der Waals surface area contributed by atoms with E-state index < -0.39 is 24.5 Å². The normalized spacial score (nSPS) is 11.7. The molecule has 0 bridgehead atoms.